The van der Waals surface area contributed by atoms with Gasteiger partial charge in [0.1, 0.15) is 0 Å². The number of carboxylic acids is 1. The molecule has 1 atom stereocenters. The zero-order valence-corrected chi connectivity index (χ0v) is 8.68. The first-order chi connectivity index (χ1) is 7.04. The second-order valence-electron chi connectivity index (χ2n) is 3.33. The summed E-state index contributed by atoms with van der Waals surface area (Å²) in [4.78, 5) is 14.7. The molecule has 0 fully saturated rings. The molecule has 82 valence electrons. The molecule has 0 aromatic heterocycles. The third-order valence-electron chi connectivity index (χ3n) is 2.32. The number of hydrogen-bond donors (Lipinski definition) is 2. The average molecular weight is 211 g/mol. The fraction of sp³-hybridized carbons (Fsp3) is 0.400. The second-order valence-corrected chi connectivity index (χ2v) is 3.33. The molecule has 0 aromatic rings. The highest BCUT2D eigenvalue weighted by molar-refractivity contribution is 5.82. The van der Waals surface area contributed by atoms with Crippen LogP contribution < -0.4 is 0 Å². The van der Waals surface area contributed by atoms with Gasteiger partial charge >= 0.3 is 5.97 Å². The minimum absolute atomic E-state index is 0.379. The smallest absolute Gasteiger partial charge is 0.363 e. The summed E-state index contributed by atoms with van der Waals surface area (Å²) in [6, 6.07) is 0. The molecule has 0 bridgehead atoms. The molecule has 1 unspecified atom stereocenters. The molecule has 2 N–H and O–H groups in total. The summed E-state index contributed by atoms with van der Waals surface area (Å²) < 4.78 is -0.697. The van der Waals surface area contributed by atoms with Crippen LogP contribution in [-0.4, -0.2) is 33.3 Å². The molecule has 0 radical (unpaired) electrons. The van der Waals surface area contributed by atoms with Crippen molar-refractivity contribution in [2.45, 2.75) is 19.8 Å². The summed E-state index contributed by atoms with van der Waals surface area (Å²) >= 11 is 0. The van der Waals surface area contributed by atoms with Gasteiger partial charge in [-0.05, 0) is 0 Å². The standard InChI is InChI=1S/C10H14N2O3/c1-3-5-9-11-6-8(4-2)12(9,15)7-10(13)14/h3,6,15H,1,4-5,7H2,2H3/p+1. The largest absolute Gasteiger partial charge is 0.477 e. The lowest BCUT2D eigenvalue weighted by molar-refractivity contribution is -0.994. The van der Waals surface area contributed by atoms with E-state index in [4.69, 9.17) is 5.11 Å². The van der Waals surface area contributed by atoms with Crippen molar-refractivity contribution in [3.05, 3.63) is 24.6 Å². The Balaban J connectivity index is 2.95. The van der Waals surface area contributed by atoms with Crippen LogP contribution in [0, 0.1) is 0 Å². The number of rotatable bonds is 5. The Morgan fingerprint density at radius 1 is 1.73 bits per heavy atom. The zero-order valence-electron chi connectivity index (χ0n) is 8.68. The topological polar surface area (TPSA) is 69.9 Å². The third kappa shape index (κ3) is 2.14. The van der Waals surface area contributed by atoms with E-state index in [9.17, 15) is 10.0 Å². The van der Waals surface area contributed by atoms with E-state index in [-0.39, 0.29) is 0 Å². The second kappa shape index (κ2) is 4.37. The maximum atomic E-state index is 10.7. The molecular weight excluding hydrogens is 196 g/mol. The molecule has 0 aliphatic carbocycles. The van der Waals surface area contributed by atoms with Gasteiger partial charge in [-0.3, -0.25) is 0 Å². The van der Waals surface area contributed by atoms with Crippen molar-refractivity contribution in [3.8, 4) is 0 Å². The van der Waals surface area contributed by atoms with Crippen LogP contribution in [0.2, 0.25) is 0 Å². The van der Waals surface area contributed by atoms with E-state index in [1.165, 1.54) is 6.20 Å². The maximum absolute atomic E-state index is 10.7. The summed E-state index contributed by atoms with van der Waals surface area (Å²) in [7, 11) is 0. The predicted molar refractivity (Wildman–Crippen MR) is 55.2 cm³/mol. The Morgan fingerprint density at radius 3 is 2.87 bits per heavy atom. The number of amidine groups is 1. The van der Waals surface area contributed by atoms with Crippen molar-refractivity contribution in [1.29, 1.82) is 0 Å². The molecule has 1 heterocycles. The van der Waals surface area contributed by atoms with Crippen LogP contribution in [0.25, 0.3) is 0 Å². The number of aliphatic imine (C=N–C) groups is 1. The van der Waals surface area contributed by atoms with Crippen molar-refractivity contribution < 1.29 is 19.8 Å². The van der Waals surface area contributed by atoms with Crippen LogP contribution in [0.5, 0.6) is 0 Å². The lowest BCUT2D eigenvalue weighted by Gasteiger charge is -2.25. The summed E-state index contributed by atoms with van der Waals surface area (Å²) in [5, 5.41) is 19.0. The molecule has 0 spiro atoms. The average Bonchev–Trinajstić information content (AvgIpc) is 2.43. The van der Waals surface area contributed by atoms with Crippen LogP contribution >= 0.6 is 0 Å². The number of hydrogen-bond acceptors (Lipinski definition) is 3. The summed E-state index contributed by atoms with van der Waals surface area (Å²) in [5.41, 5.74) is 0.592. The quantitative estimate of drug-likeness (QED) is 0.535. The first-order valence-corrected chi connectivity index (χ1v) is 4.75. The lowest BCUT2D eigenvalue weighted by atomic mass is 10.2. The molecular formula is C10H15N2O3+. The van der Waals surface area contributed by atoms with Gasteiger partial charge in [0.05, 0.1) is 12.6 Å². The number of allylic oxidation sites excluding steroid dienone is 1. The van der Waals surface area contributed by atoms with Gasteiger partial charge in [0, 0.05) is 6.42 Å². The number of nitrogens with zero attached hydrogens (tertiary/aromatic N) is 2. The van der Waals surface area contributed by atoms with Gasteiger partial charge in [0.2, 0.25) is 12.4 Å². The molecule has 1 aliphatic rings. The van der Waals surface area contributed by atoms with E-state index < -0.39 is 17.2 Å². The number of carbonyl (C=O) groups is 1. The normalized spacial score (nSPS) is 24.7. The predicted octanol–water partition coefficient (Wildman–Crippen LogP) is 1.52. The van der Waals surface area contributed by atoms with Gasteiger partial charge in [0.15, 0.2) is 5.70 Å². The Labute approximate surface area is 88.2 Å². The van der Waals surface area contributed by atoms with Gasteiger partial charge in [-0.15, -0.1) is 6.58 Å². The summed E-state index contributed by atoms with van der Waals surface area (Å²) in [6.45, 7) is 5.00. The van der Waals surface area contributed by atoms with Crippen LogP contribution in [0.4, 0.5) is 0 Å². The molecule has 0 saturated carbocycles. The van der Waals surface area contributed by atoms with Crippen molar-refractivity contribution in [2.75, 3.05) is 6.54 Å². The third-order valence-corrected chi connectivity index (χ3v) is 2.32. The van der Waals surface area contributed by atoms with Crippen LogP contribution in [0.3, 0.4) is 0 Å². The highest BCUT2D eigenvalue weighted by Crippen LogP contribution is 2.26. The molecule has 5 heteroatoms. The molecule has 1 rings (SSSR count). The first kappa shape index (κ1) is 11.6. The fourth-order valence-electron chi connectivity index (χ4n) is 1.58. The Hall–Kier alpha value is -1.46. The van der Waals surface area contributed by atoms with E-state index in [1.807, 2.05) is 6.92 Å². The Bertz CT molecular complexity index is 347. The fourth-order valence-corrected chi connectivity index (χ4v) is 1.58. The van der Waals surface area contributed by atoms with Crippen molar-refractivity contribution >= 4 is 11.8 Å². The molecule has 0 saturated heterocycles. The number of carboxylic acid groups (broad SMARTS) is 1. The highest BCUT2D eigenvalue weighted by atomic mass is 16.6. The van der Waals surface area contributed by atoms with E-state index in [0.29, 0.717) is 24.4 Å². The van der Waals surface area contributed by atoms with Gasteiger partial charge in [-0.1, -0.05) is 17.6 Å². The van der Waals surface area contributed by atoms with E-state index in [1.54, 1.807) is 6.08 Å². The lowest BCUT2D eigenvalue weighted by Crippen LogP contribution is -2.49. The van der Waals surface area contributed by atoms with E-state index >= 15 is 0 Å². The monoisotopic (exact) mass is 211 g/mol. The molecule has 5 nitrogen and oxygen atoms in total. The van der Waals surface area contributed by atoms with Gasteiger partial charge in [-0.25, -0.2) is 10.0 Å². The molecule has 0 amide bonds. The molecule has 15 heavy (non-hydrogen) atoms. The summed E-state index contributed by atoms with van der Waals surface area (Å²) in [5.74, 6) is -0.653. The molecule has 1 aliphatic heterocycles. The van der Waals surface area contributed by atoms with Crippen LogP contribution in [0.15, 0.2) is 29.5 Å². The van der Waals surface area contributed by atoms with Crippen LogP contribution in [0.1, 0.15) is 19.8 Å². The maximum Gasteiger partial charge on any atom is 0.363 e. The first-order valence-electron chi connectivity index (χ1n) is 4.75. The van der Waals surface area contributed by atoms with Gasteiger partial charge in [-0.2, -0.15) is 4.99 Å². The Kier molecular flexibility index (Phi) is 3.39. The number of hydroxylamine groups is 3. The Morgan fingerprint density at radius 2 is 2.40 bits per heavy atom. The van der Waals surface area contributed by atoms with E-state index in [0.717, 1.165) is 0 Å². The van der Waals surface area contributed by atoms with Crippen molar-refractivity contribution in [1.82, 2.24) is 0 Å². The van der Waals surface area contributed by atoms with Gasteiger partial charge in [0.25, 0.3) is 0 Å². The van der Waals surface area contributed by atoms with Crippen LogP contribution in [-0.2, 0) is 4.79 Å². The van der Waals surface area contributed by atoms with E-state index in [2.05, 4.69) is 11.6 Å². The van der Waals surface area contributed by atoms with Crippen molar-refractivity contribution in [3.63, 3.8) is 0 Å². The van der Waals surface area contributed by atoms with Gasteiger partial charge < -0.3 is 5.11 Å². The SMILES string of the molecule is C=CCC1=NC=C(CC)[N+]1(O)CC(=O)O. The highest BCUT2D eigenvalue weighted by Gasteiger charge is 2.42. The molecule has 0 aromatic carbocycles. The zero-order chi connectivity index (χ0) is 11.5. The minimum Gasteiger partial charge on any atom is -0.477 e. The summed E-state index contributed by atoms with van der Waals surface area (Å²) in [6.07, 6.45) is 4.07. The number of quaternary nitrogens is 1. The van der Waals surface area contributed by atoms with Crippen molar-refractivity contribution in [2.24, 2.45) is 4.99 Å². The number of aliphatic carboxylic acids is 1. The minimum atomic E-state index is -1.06.